The van der Waals surface area contributed by atoms with Crippen molar-refractivity contribution >= 4 is 16.8 Å². The fraction of sp³-hybridized carbons (Fsp3) is 0.500. The van der Waals surface area contributed by atoms with Crippen molar-refractivity contribution in [2.75, 3.05) is 19.6 Å². The number of carbonyl (C=O) groups is 1. The molecule has 1 spiro atoms. The Balaban J connectivity index is 1.61. The SMILES string of the molecule is [3H]n1cc(CN2CCCC3(CCNCC3)C2=O)c2ccccc21. The van der Waals surface area contributed by atoms with E-state index in [2.05, 4.69) is 5.32 Å². The molecular weight excluding hydrogens is 274 g/mol. The molecule has 1 aromatic heterocycles. The van der Waals surface area contributed by atoms with Crippen molar-refractivity contribution in [1.82, 2.24) is 15.2 Å². The van der Waals surface area contributed by atoms with Gasteiger partial charge in [-0.25, -0.2) is 0 Å². The normalized spacial score (nSPS) is 22.3. The molecule has 116 valence electrons. The van der Waals surface area contributed by atoms with Crippen LogP contribution in [0.25, 0.3) is 10.9 Å². The van der Waals surface area contributed by atoms with E-state index in [0.717, 1.165) is 61.8 Å². The van der Waals surface area contributed by atoms with E-state index < -0.39 is 0 Å². The first-order valence-electron chi connectivity index (χ1n) is 8.73. The number of aromatic amines is 1. The zero-order valence-corrected chi connectivity index (χ0v) is 12.8. The van der Waals surface area contributed by atoms with Gasteiger partial charge in [0, 0.05) is 30.2 Å². The number of piperidine rings is 2. The number of hydrogen-bond acceptors (Lipinski definition) is 2. The van der Waals surface area contributed by atoms with Gasteiger partial charge in [0.1, 0.15) is 0 Å². The summed E-state index contributed by atoms with van der Waals surface area (Å²) in [6.45, 7) is 3.36. The number of fused-ring (bicyclic) bond motifs is 1. The number of nitrogens with zero attached hydrogens (tertiary/aromatic N) is 1. The zero-order chi connectivity index (χ0) is 15.9. The van der Waals surface area contributed by atoms with Gasteiger partial charge in [-0.05, 0) is 50.4 Å². The van der Waals surface area contributed by atoms with Gasteiger partial charge in [-0.1, -0.05) is 18.2 Å². The Morgan fingerprint density at radius 3 is 2.91 bits per heavy atom. The number of carbonyl (C=O) groups excluding carboxylic acids is 1. The maximum atomic E-state index is 13.1. The summed E-state index contributed by atoms with van der Waals surface area (Å²) in [5.74, 6) is 0.326. The minimum Gasteiger partial charge on any atom is -0.361 e. The maximum absolute atomic E-state index is 13.1. The molecule has 4 rings (SSSR count). The topological polar surface area (TPSA) is 48.1 Å². The van der Waals surface area contributed by atoms with Crippen molar-refractivity contribution in [3.63, 3.8) is 0 Å². The van der Waals surface area contributed by atoms with Gasteiger partial charge in [0.25, 0.3) is 0 Å². The monoisotopic (exact) mass is 299 g/mol. The Hall–Kier alpha value is -1.81. The van der Waals surface area contributed by atoms with E-state index in [0.29, 0.717) is 12.5 Å². The number of aromatic nitrogens is 1. The van der Waals surface area contributed by atoms with E-state index in [1.54, 1.807) is 0 Å². The number of nitrogens with one attached hydrogen (secondary N) is 2. The summed E-state index contributed by atoms with van der Waals surface area (Å²) in [6, 6.07) is 7.95. The smallest absolute Gasteiger partial charge is 0.229 e. The molecule has 2 aromatic rings. The molecule has 2 aliphatic heterocycles. The number of hydrogen-bond donors (Lipinski definition) is 2. The second kappa shape index (κ2) is 5.43. The molecular formula is C18H23N3O. The van der Waals surface area contributed by atoms with Gasteiger partial charge in [0.2, 0.25) is 5.91 Å². The number of para-hydroxylation sites is 1. The number of benzene rings is 1. The molecule has 1 amide bonds. The summed E-state index contributed by atoms with van der Waals surface area (Å²) in [5.41, 5.74) is 1.85. The quantitative estimate of drug-likeness (QED) is 0.895. The molecule has 2 aliphatic rings. The van der Waals surface area contributed by atoms with Crippen molar-refractivity contribution in [2.45, 2.75) is 32.2 Å². The minimum absolute atomic E-state index is 0.136. The first-order chi connectivity index (χ1) is 11.2. The zero-order valence-electron chi connectivity index (χ0n) is 13.8. The Bertz CT molecular complexity index is 727. The van der Waals surface area contributed by atoms with Gasteiger partial charge in [-0.2, -0.15) is 0 Å². The van der Waals surface area contributed by atoms with E-state index >= 15 is 0 Å². The molecule has 3 heterocycles. The molecule has 0 aliphatic carbocycles. The van der Waals surface area contributed by atoms with Crippen LogP contribution in [0.3, 0.4) is 0 Å². The van der Waals surface area contributed by atoms with Gasteiger partial charge >= 0.3 is 0 Å². The highest BCUT2D eigenvalue weighted by Crippen LogP contribution is 2.39. The molecule has 2 saturated heterocycles. The number of amides is 1. The lowest BCUT2D eigenvalue weighted by Crippen LogP contribution is -2.52. The van der Waals surface area contributed by atoms with Crippen LogP contribution >= 0.6 is 0 Å². The lowest BCUT2D eigenvalue weighted by Gasteiger charge is -2.44. The number of likely N-dealkylation sites (tertiary alicyclic amines) is 1. The molecule has 0 saturated carbocycles. The highest BCUT2D eigenvalue weighted by molar-refractivity contribution is 5.86. The predicted molar refractivity (Wildman–Crippen MR) is 87.5 cm³/mol. The predicted octanol–water partition coefficient (Wildman–Crippen LogP) is 2.66. The van der Waals surface area contributed by atoms with Crippen LogP contribution in [-0.2, 0) is 11.3 Å². The molecule has 4 nitrogen and oxygen atoms in total. The number of rotatable bonds is 2. The second-order valence-corrected chi connectivity index (χ2v) is 6.66. The van der Waals surface area contributed by atoms with E-state index in [-0.39, 0.29) is 5.41 Å². The largest absolute Gasteiger partial charge is 0.361 e. The molecule has 0 unspecified atom stereocenters. The maximum Gasteiger partial charge on any atom is 0.229 e. The molecule has 4 heteroatoms. The minimum atomic E-state index is -0.136. The fourth-order valence-corrected chi connectivity index (χ4v) is 4.08. The molecule has 22 heavy (non-hydrogen) atoms. The first-order valence-corrected chi connectivity index (χ1v) is 8.28. The van der Waals surface area contributed by atoms with Crippen LogP contribution in [-0.4, -0.2) is 35.4 Å². The van der Waals surface area contributed by atoms with Crippen LogP contribution in [0.5, 0.6) is 0 Å². The van der Waals surface area contributed by atoms with Crippen molar-refractivity contribution in [3.05, 3.63) is 36.0 Å². The molecule has 0 radical (unpaired) electrons. The molecule has 2 fully saturated rings. The molecule has 0 atom stereocenters. The van der Waals surface area contributed by atoms with Crippen LogP contribution < -0.4 is 5.32 Å². The Morgan fingerprint density at radius 2 is 2.05 bits per heavy atom. The van der Waals surface area contributed by atoms with Crippen molar-refractivity contribution in [3.8, 4) is 0 Å². The Morgan fingerprint density at radius 1 is 1.23 bits per heavy atom. The van der Waals surface area contributed by atoms with Gasteiger partial charge in [-0.3, -0.25) is 4.79 Å². The van der Waals surface area contributed by atoms with E-state index in [9.17, 15) is 4.79 Å². The van der Waals surface area contributed by atoms with Crippen LogP contribution in [0.2, 0.25) is 1.41 Å². The highest BCUT2D eigenvalue weighted by atomic mass is 16.2. The lowest BCUT2D eigenvalue weighted by molar-refractivity contribution is -0.149. The second-order valence-electron chi connectivity index (χ2n) is 6.66. The molecule has 1 aromatic carbocycles. The average molecular weight is 299 g/mol. The lowest BCUT2D eigenvalue weighted by atomic mass is 9.72. The highest BCUT2D eigenvalue weighted by Gasteiger charge is 2.44. The van der Waals surface area contributed by atoms with Crippen LogP contribution in [0.1, 0.15) is 31.2 Å². The third-order valence-electron chi connectivity index (χ3n) is 5.36. The third-order valence-corrected chi connectivity index (χ3v) is 5.36. The Labute approximate surface area is 132 Å². The molecule has 0 bridgehead atoms. The van der Waals surface area contributed by atoms with Gasteiger partial charge in [0.05, 0.1) is 5.41 Å². The van der Waals surface area contributed by atoms with Crippen LogP contribution in [0.4, 0.5) is 0 Å². The van der Waals surface area contributed by atoms with Crippen molar-refractivity contribution < 1.29 is 6.21 Å². The standard InChI is InChI=1S/C18H23N3O/c22-17-18(7-9-19-10-8-18)6-3-11-21(17)13-14-12-20-16-5-2-1-4-15(14)16/h1-2,4-5,12,19-20H,3,6-11,13H2/i/hT. The van der Waals surface area contributed by atoms with E-state index in [1.807, 2.05) is 35.4 Å². The summed E-state index contributed by atoms with van der Waals surface area (Å²) in [4.78, 5) is 16.5. The number of H-pyrrole nitrogens is 1. The van der Waals surface area contributed by atoms with Crippen LogP contribution in [0.15, 0.2) is 30.5 Å². The summed E-state index contributed by atoms with van der Waals surface area (Å²) < 4.78 is 8.05. The van der Waals surface area contributed by atoms with Crippen LogP contribution in [0, 0.1) is 5.41 Å². The van der Waals surface area contributed by atoms with Crippen molar-refractivity contribution in [1.29, 1.82) is 0 Å². The van der Waals surface area contributed by atoms with E-state index in [4.69, 9.17) is 1.41 Å². The summed E-state index contributed by atoms with van der Waals surface area (Å²) in [7, 11) is 0. The third kappa shape index (κ3) is 2.22. The molecule has 2 N–H and O–H groups in total. The first kappa shape index (κ1) is 12.7. The van der Waals surface area contributed by atoms with Crippen molar-refractivity contribution in [2.24, 2.45) is 5.41 Å². The van der Waals surface area contributed by atoms with E-state index in [1.165, 1.54) is 4.98 Å². The average Bonchev–Trinajstić information content (AvgIpc) is 2.90. The van der Waals surface area contributed by atoms with Gasteiger partial charge in [0.15, 0.2) is 1.41 Å². The Kier molecular flexibility index (Phi) is 3.14. The summed E-state index contributed by atoms with van der Waals surface area (Å²) >= 11 is 0. The summed E-state index contributed by atoms with van der Waals surface area (Å²) in [6.07, 6.45) is 5.89. The van der Waals surface area contributed by atoms with Gasteiger partial charge in [-0.15, -0.1) is 0 Å². The fourth-order valence-electron chi connectivity index (χ4n) is 4.08. The van der Waals surface area contributed by atoms with Gasteiger partial charge < -0.3 is 15.2 Å². The summed E-state index contributed by atoms with van der Waals surface area (Å²) in [5, 5.41) is 4.45.